The maximum Gasteiger partial charge on any atom is 0.329 e. The van der Waals surface area contributed by atoms with E-state index in [2.05, 4.69) is 20.5 Å². The summed E-state index contributed by atoms with van der Waals surface area (Å²) >= 11 is 0. The van der Waals surface area contributed by atoms with E-state index in [0.29, 0.717) is 23.6 Å². The van der Waals surface area contributed by atoms with E-state index in [9.17, 15) is 14.0 Å². The van der Waals surface area contributed by atoms with Gasteiger partial charge in [-0.1, -0.05) is 26.0 Å². The number of nitrogens with zero attached hydrogens (tertiary/aromatic N) is 4. The van der Waals surface area contributed by atoms with E-state index >= 15 is 0 Å². The average molecular weight is 358 g/mol. The number of hydrogen-bond donors (Lipinski definition) is 2. The molecule has 0 saturated carbocycles. The fraction of sp³-hybridized carbons (Fsp3) is 0.294. The number of aryl methyl sites for hydroxylation is 1. The van der Waals surface area contributed by atoms with Gasteiger partial charge in [-0.2, -0.15) is 10.1 Å². The lowest BCUT2D eigenvalue weighted by molar-refractivity contribution is 0.535. The first-order valence-corrected chi connectivity index (χ1v) is 8.11. The van der Waals surface area contributed by atoms with Crippen LogP contribution in [-0.2, 0) is 13.6 Å². The molecule has 0 aliphatic carbocycles. The van der Waals surface area contributed by atoms with E-state index in [-0.39, 0.29) is 17.4 Å². The van der Waals surface area contributed by atoms with Crippen LogP contribution >= 0.6 is 0 Å². The summed E-state index contributed by atoms with van der Waals surface area (Å²) in [5.74, 6) is 0.262. The molecule has 136 valence electrons. The number of halogens is 1. The summed E-state index contributed by atoms with van der Waals surface area (Å²) in [7, 11) is 1.54. The molecule has 0 aliphatic heterocycles. The highest BCUT2D eigenvalue weighted by molar-refractivity contribution is 5.80. The van der Waals surface area contributed by atoms with Crippen LogP contribution in [0.4, 0.5) is 10.3 Å². The number of nitrogens with one attached hydrogen (secondary N) is 2. The van der Waals surface area contributed by atoms with Gasteiger partial charge in [0.1, 0.15) is 5.82 Å². The third-order valence-corrected chi connectivity index (χ3v) is 3.80. The van der Waals surface area contributed by atoms with Crippen LogP contribution in [0.15, 0.2) is 39.0 Å². The topological polar surface area (TPSA) is 97.1 Å². The third-order valence-electron chi connectivity index (χ3n) is 3.80. The third kappa shape index (κ3) is 3.41. The van der Waals surface area contributed by atoms with Crippen LogP contribution < -0.4 is 16.7 Å². The van der Waals surface area contributed by atoms with Crippen LogP contribution in [0.1, 0.15) is 19.4 Å². The van der Waals surface area contributed by atoms with Gasteiger partial charge in [-0.05, 0) is 23.6 Å². The van der Waals surface area contributed by atoms with Crippen molar-refractivity contribution in [3.05, 3.63) is 56.5 Å². The van der Waals surface area contributed by atoms with Gasteiger partial charge in [-0.3, -0.25) is 14.3 Å². The van der Waals surface area contributed by atoms with Gasteiger partial charge in [0, 0.05) is 13.6 Å². The SMILES string of the molecule is CC(C)Cn1c(N/N=C/c2ccc(F)cc2)nc2c1c(=O)[nH]c(=O)n2C. The zero-order valence-corrected chi connectivity index (χ0v) is 14.7. The molecule has 2 heterocycles. The lowest BCUT2D eigenvalue weighted by Gasteiger charge is -2.10. The van der Waals surface area contributed by atoms with E-state index in [4.69, 9.17) is 0 Å². The number of anilines is 1. The van der Waals surface area contributed by atoms with Gasteiger partial charge in [0.25, 0.3) is 5.56 Å². The molecule has 0 unspecified atom stereocenters. The van der Waals surface area contributed by atoms with Crippen molar-refractivity contribution in [2.45, 2.75) is 20.4 Å². The zero-order valence-electron chi connectivity index (χ0n) is 14.7. The van der Waals surface area contributed by atoms with Crippen LogP contribution in [-0.4, -0.2) is 25.3 Å². The van der Waals surface area contributed by atoms with Crippen LogP contribution in [0.2, 0.25) is 0 Å². The van der Waals surface area contributed by atoms with Gasteiger partial charge >= 0.3 is 5.69 Å². The van der Waals surface area contributed by atoms with Crippen molar-refractivity contribution in [1.82, 2.24) is 19.1 Å². The smallest absolute Gasteiger partial charge is 0.303 e. The van der Waals surface area contributed by atoms with Crippen LogP contribution in [0.25, 0.3) is 11.2 Å². The predicted molar refractivity (Wildman–Crippen MR) is 98.0 cm³/mol. The van der Waals surface area contributed by atoms with E-state index in [1.165, 1.54) is 22.9 Å². The molecule has 0 atom stereocenters. The molecule has 3 aromatic rings. The Balaban J connectivity index is 2.02. The molecule has 26 heavy (non-hydrogen) atoms. The molecule has 2 N–H and O–H groups in total. The van der Waals surface area contributed by atoms with Crippen molar-refractivity contribution < 1.29 is 4.39 Å². The Kier molecular flexibility index (Phi) is 4.70. The molecule has 0 fully saturated rings. The van der Waals surface area contributed by atoms with Crippen molar-refractivity contribution >= 4 is 23.3 Å². The normalized spacial score (nSPS) is 11.7. The summed E-state index contributed by atoms with van der Waals surface area (Å²) in [4.78, 5) is 30.7. The summed E-state index contributed by atoms with van der Waals surface area (Å²) in [6, 6.07) is 5.85. The van der Waals surface area contributed by atoms with Crippen LogP contribution in [0, 0.1) is 11.7 Å². The zero-order chi connectivity index (χ0) is 18.8. The van der Waals surface area contributed by atoms with E-state index in [0.717, 1.165) is 0 Å². The molecule has 0 amide bonds. The largest absolute Gasteiger partial charge is 0.329 e. The maximum atomic E-state index is 12.9. The number of aromatic nitrogens is 4. The molecular formula is C17H19FN6O2. The molecule has 0 spiro atoms. The number of imidazole rings is 1. The first-order chi connectivity index (χ1) is 12.4. The molecule has 8 nitrogen and oxygen atoms in total. The van der Waals surface area contributed by atoms with Crippen molar-refractivity contribution in [1.29, 1.82) is 0 Å². The Morgan fingerprint density at radius 3 is 2.65 bits per heavy atom. The van der Waals surface area contributed by atoms with Crippen molar-refractivity contribution in [2.24, 2.45) is 18.1 Å². The second kappa shape index (κ2) is 6.95. The van der Waals surface area contributed by atoms with Gasteiger partial charge in [-0.25, -0.2) is 14.6 Å². The van der Waals surface area contributed by atoms with Crippen LogP contribution in [0.3, 0.4) is 0 Å². The highest BCUT2D eigenvalue weighted by atomic mass is 19.1. The number of H-pyrrole nitrogens is 1. The van der Waals surface area contributed by atoms with E-state index < -0.39 is 11.2 Å². The van der Waals surface area contributed by atoms with Gasteiger partial charge in [-0.15, -0.1) is 0 Å². The Labute approximate surface area is 148 Å². The number of hydrazone groups is 1. The summed E-state index contributed by atoms with van der Waals surface area (Å²) in [6.45, 7) is 4.54. The summed E-state index contributed by atoms with van der Waals surface area (Å²) in [5, 5.41) is 4.11. The van der Waals surface area contributed by atoms with Gasteiger partial charge in [0.15, 0.2) is 11.2 Å². The standard InChI is InChI=1S/C17H19FN6O2/c1-10(2)9-24-13-14(23(3)17(26)21-15(13)25)20-16(24)22-19-8-11-4-6-12(18)7-5-11/h4-8,10H,9H2,1-3H3,(H,20,22)(H,21,25,26)/b19-8+. The quantitative estimate of drug-likeness (QED) is 0.535. The highest BCUT2D eigenvalue weighted by Gasteiger charge is 2.17. The van der Waals surface area contributed by atoms with Gasteiger partial charge < -0.3 is 4.57 Å². The Hall–Kier alpha value is -3.23. The summed E-state index contributed by atoms with van der Waals surface area (Å²) in [5.41, 5.74) is 3.07. The average Bonchev–Trinajstić information content (AvgIpc) is 2.93. The first-order valence-electron chi connectivity index (χ1n) is 8.11. The van der Waals surface area contributed by atoms with E-state index in [1.54, 1.807) is 23.7 Å². The number of benzene rings is 1. The molecule has 0 radical (unpaired) electrons. The second-order valence-corrected chi connectivity index (χ2v) is 6.35. The number of aromatic amines is 1. The van der Waals surface area contributed by atoms with Gasteiger partial charge in [0.2, 0.25) is 5.95 Å². The summed E-state index contributed by atoms with van der Waals surface area (Å²) in [6.07, 6.45) is 1.52. The van der Waals surface area contributed by atoms with Crippen LogP contribution in [0.5, 0.6) is 0 Å². The molecule has 1 aromatic carbocycles. The molecule has 0 aliphatic rings. The number of fused-ring (bicyclic) bond motifs is 1. The van der Waals surface area contributed by atoms with Crippen molar-refractivity contribution in [3.8, 4) is 0 Å². The van der Waals surface area contributed by atoms with Gasteiger partial charge in [0.05, 0.1) is 6.21 Å². The minimum atomic E-state index is -0.530. The molecule has 0 saturated heterocycles. The Bertz CT molecular complexity index is 1080. The minimum absolute atomic E-state index is 0.241. The first kappa shape index (κ1) is 17.6. The summed E-state index contributed by atoms with van der Waals surface area (Å²) < 4.78 is 15.9. The number of rotatable bonds is 5. The van der Waals surface area contributed by atoms with E-state index in [1.807, 2.05) is 13.8 Å². The molecule has 9 heteroatoms. The lowest BCUT2D eigenvalue weighted by atomic mass is 10.2. The predicted octanol–water partition coefficient (Wildman–Crippen LogP) is 1.66. The highest BCUT2D eigenvalue weighted by Crippen LogP contribution is 2.17. The fourth-order valence-corrected chi connectivity index (χ4v) is 2.58. The lowest BCUT2D eigenvalue weighted by Crippen LogP contribution is -2.29. The Morgan fingerprint density at radius 2 is 2.00 bits per heavy atom. The molecule has 3 rings (SSSR count). The maximum absolute atomic E-state index is 12.9. The van der Waals surface area contributed by atoms with Crippen molar-refractivity contribution in [3.63, 3.8) is 0 Å². The molecule has 2 aromatic heterocycles. The Morgan fingerprint density at radius 1 is 1.31 bits per heavy atom. The molecular weight excluding hydrogens is 339 g/mol. The fourth-order valence-electron chi connectivity index (χ4n) is 2.58. The second-order valence-electron chi connectivity index (χ2n) is 6.35. The monoisotopic (exact) mass is 358 g/mol. The number of hydrogen-bond acceptors (Lipinski definition) is 5. The minimum Gasteiger partial charge on any atom is -0.303 e. The van der Waals surface area contributed by atoms with Crippen molar-refractivity contribution in [2.75, 3.05) is 5.43 Å². The molecule has 0 bridgehead atoms.